The zero-order valence-corrected chi connectivity index (χ0v) is 14.5. The van der Waals surface area contributed by atoms with E-state index in [2.05, 4.69) is 25.4 Å². The summed E-state index contributed by atoms with van der Waals surface area (Å²) in [7, 11) is 0. The molecule has 142 valence electrons. The number of hydrogen-bond donors (Lipinski definition) is 3. The van der Waals surface area contributed by atoms with Crippen LogP contribution < -0.4 is 16.8 Å². The summed E-state index contributed by atoms with van der Waals surface area (Å²) < 4.78 is 18.7. The Balaban J connectivity index is 1.93. The average molecular weight is 381 g/mol. The fraction of sp³-hybridized carbons (Fsp3) is 0.0556. The van der Waals surface area contributed by atoms with Gasteiger partial charge in [0, 0.05) is 11.6 Å². The summed E-state index contributed by atoms with van der Waals surface area (Å²) in [6.45, 7) is 0.0732. The summed E-state index contributed by atoms with van der Waals surface area (Å²) in [6.07, 6.45) is 4.66. The summed E-state index contributed by atoms with van der Waals surface area (Å²) >= 11 is 0. The van der Waals surface area contributed by atoms with Gasteiger partial charge in [-0.05, 0) is 12.1 Å². The Hall–Kier alpha value is -4.08. The molecule has 0 unspecified atom stereocenters. The van der Waals surface area contributed by atoms with Crippen molar-refractivity contribution in [3.8, 4) is 0 Å². The summed E-state index contributed by atoms with van der Waals surface area (Å²) in [5.74, 6) is -0.173. The summed E-state index contributed by atoms with van der Waals surface area (Å²) in [5.41, 5.74) is 13.4. The maximum Gasteiger partial charge on any atom is 0.211 e. The molecule has 9 nitrogen and oxygen atoms in total. The molecule has 1 aromatic carbocycles. The predicted octanol–water partition coefficient (Wildman–Crippen LogP) is 1.74. The number of nitrogen functional groups attached to an aromatic ring is 1. The van der Waals surface area contributed by atoms with Crippen LogP contribution in [0.4, 0.5) is 15.9 Å². The Morgan fingerprint density at radius 3 is 2.82 bits per heavy atom. The van der Waals surface area contributed by atoms with Crippen molar-refractivity contribution in [1.82, 2.24) is 15.1 Å². The third-order valence-electron chi connectivity index (χ3n) is 3.66. The van der Waals surface area contributed by atoms with E-state index in [-0.39, 0.29) is 35.4 Å². The number of benzene rings is 1. The van der Waals surface area contributed by atoms with E-state index in [9.17, 15) is 9.18 Å². The molecule has 0 bridgehead atoms. The lowest BCUT2D eigenvalue weighted by atomic mass is 10.2. The van der Waals surface area contributed by atoms with Gasteiger partial charge in [-0.15, -0.1) is 0 Å². The molecule has 2 heterocycles. The van der Waals surface area contributed by atoms with Gasteiger partial charge in [0.2, 0.25) is 6.41 Å². The molecular formula is C18H16FN7O2. The smallest absolute Gasteiger partial charge is 0.211 e. The van der Waals surface area contributed by atoms with E-state index in [1.807, 2.05) is 0 Å². The maximum absolute atomic E-state index is 13.8. The van der Waals surface area contributed by atoms with Crippen molar-refractivity contribution >= 4 is 29.3 Å². The van der Waals surface area contributed by atoms with Crippen molar-refractivity contribution in [3.05, 3.63) is 71.8 Å². The van der Waals surface area contributed by atoms with E-state index >= 15 is 0 Å². The lowest BCUT2D eigenvalue weighted by molar-refractivity contribution is -0.105. The van der Waals surface area contributed by atoms with Gasteiger partial charge < -0.3 is 21.3 Å². The van der Waals surface area contributed by atoms with Crippen molar-refractivity contribution in [2.45, 2.75) is 6.54 Å². The molecule has 0 atom stereocenters. The van der Waals surface area contributed by atoms with E-state index < -0.39 is 0 Å². The highest BCUT2D eigenvalue weighted by atomic mass is 19.1. The third kappa shape index (κ3) is 4.36. The van der Waals surface area contributed by atoms with Crippen LogP contribution in [0.3, 0.4) is 0 Å². The number of amides is 1. The average Bonchev–Trinajstić information content (AvgIpc) is 3.22. The van der Waals surface area contributed by atoms with Crippen LogP contribution in [-0.2, 0) is 11.3 Å². The van der Waals surface area contributed by atoms with Gasteiger partial charge in [0.25, 0.3) is 0 Å². The number of anilines is 2. The zero-order valence-electron chi connectivity index (χ0n) is 14.5. The molecule has 28 heavy (non-hydrogen) atoms. The second-order valence-electron chi connectivity index (χ2n) is 5.53. The van der Waals surface area contributed by atoms with Crippen molar-refractivity contribution in [1.29, 1.82) is 0 Å². The normalized spacial score (nSPS) is 12.0. The van der Waals surface area contributed by atoms with E-state index in [1.54, 1.807) is 24.3 Å². The first-order valence-corrected chi connectivity index (χ1v) is 8.07. The summed E-state index contributed by atoms with van der Waals surface area (Å²) in [6, 6.07) is 7.91. The van der Waals surface area contributed by atoms with Crippen LogP contribution >= 0.6 is 0 Å². The number of aromatic nitrogens is 3. The molecule has 0 aliphatic heterocycles. The molecule has 0 saturated heterocycles. The molecule has 1 amide bonds. The highest BCUT2D eigenvalue weighted by Crippen LogP contribution is 2.16. The molecule has 5 N–H and O–H groups in total. The standard InChI is InChI=1S/C18H16FN7O2/c19-12-4-2-1-3-11(12)8-22-15(14-5-6-28-26-14)7-13(20)18-23-9-16(24-10-27)17(21)25-18/h1-7,9-10H,8,20H2,(H,24,27)(H2,21,23,25). The number of nitrogens with one attached hydrogen (secondary N) is 1. The number of carbonyl (C=O) groups excluding carboxylic acids is 1. The number of nitrogens with zero attached hydrogens (tertiary/aromatic N) is 4. The van der Waals surface area contributed by atoms with Gasteiger partial charge in [-0.2, -0.15) is 0 Å². The van der Waals surface area contributed by atoms with Gasteiger partial charge >= 0.3 is 0 Å². The number of aliphatic imine (C=N–C) groups is 1. The monoisotopic (exact) mass is 381 g/mol. The number of allylic oxidation sites excluding steroid dienone is 1. The van der Waals surface area contributed by atoms with Crippen molar-refractivity contribution in [2.75, 3.05) is 11.1 Å². The minimum absolute atomic E-state index is 0.0553. The fourth-order valence-electron chi connectivity index (χ4n) is 2.26. The lowest BCUT2D eigenvalue weighted by Crippen LogP contribution is -2.10. The second-order valence-corrected chi connectivity index (χ2v) is 5.53. The SMILES string of the molecule is NC(=CC(=NCc1ccccc1F)c1ccon1)c1ncc(NC=O)c(N)n1. The molecule has 3 rings (SSSR count). The Morgan fingerprint density at radius 1 is 1.32 bits per heavy atom. The molecule has 0 saturated carbocycles. The first-order chi connectivity index (χ1) is 13.6. The molecule has 10 heteroatoms. The number of carbonyl (C=O) groups is 1. The van der Waals surface area contributed by atoms with Crippen molar-refractivity contribution in [3.63, 3.8) is 0 Å². The Morgan fingerprint density at radius 2 is 2.14 bits per heavy atom. The van der Waals surface area contributed by atoms with E-state index in [1.165, 1.54) is 24.6 Å². The Labute approximate surface area is 159 Å². The van der Waals surface area contributed by atoms with Gasteiger partial charge in [0.1, 0.15) is 23.5 Å². The molecule has 0 fully saturated rings. The van der Waals surface area contributed by atoms with Gasteiger partial charge in [0.15, 0.2) is 11.6 Å². The Bertz CT molecular complexity index is 1030. The van der Waals surface area contributed by atoms with Gasteiger partial charge in [-0.3, -0.25) is 9.79 Å². The highest BCUT2D eigenvalue weighted by Gasteiger charge is 2.11. The van der Waals surface area contributed by atoms with Crippen molar-refractivity contribution in [2.24, 2.45) is 10.7 Å². The minimum Gasteiger partial charge on any atom is -0.396 e. The van der Waals surface area contributed by atoms with Gasteiger partial charge in [-0.1, -0.05) is 23.4 Å². The molecule has 2 aromatic heterocycles. The van der Waals surface area contributed by atoms with Crippen LogP contribution in [0.5, 0.6) is 0 Å². The fourth-order valence-corrected chi connectivity index (χ4v) is 2.26. The second kappa shape index (κ2) is 8.54. The van der Waals surface area contributed by atoms with E-state index in [4.69, 9.17) is 16.0 Å². The molecule has 0 spiro atoms. The first-order valence-electron chi connectivity index (χ1n) is 8.07. The summed E-state index contributed by atoms with van der Waals surface area (Å²) in [5, 5.41) is 6.22. The van der Waals surface area contributed by atoms with Crippen molar-refractivity contribution < 1.29 is 13.7 Å². The van der Waals surface area contributed by atoms with E-state index in [0.29, 0.717) is 23.4 Å². The molecule has 3 aromatic rings. The first kappa shape index (κ1) is 18.7. The van der Waals surface area contributed by atoms with Crippen LogP contribution in [0, 0.1) is 5.82 Å². The quantitative estimate of drug-likeness (QED) is 0.417. The van der Waals surface area contributed by atoms with Crippen LogP contribution in [-0.4, -0.2) is 27.2 Å². The van der Waals surface area contributed by atoms with Crippen LogP contribution in [0.2, 0.25) is 0 Å². The van der Waals surface area contributed by atoms with Gasteiger partial charge in [0.05, 0.1) is 24.2 Å². The largest absolute Gasteiger partial charge is 0.396 e. The lowest BCUT2D eigenvalue weighted by Gasteiger charge is -2.06. The topological polar surface area (TPSA) is 145 Å². The Kier molecular flexibility index (Phi) is 5.70. The molecule has 0 aliphatic carbocycles. The predicted molar refractivity (Wildman–Crippen MR) is 101 cm³/mol. The summed E-state index contributed by atoms with van der Waals surface area (Å²) in [4.78, 5) is 23.0. The number of rotatable bonds is 7. The van der Waals surface area contributed by atoms with E-state index in [0.717, 1.165) is 0 Å². The minimum atomic E-state index is -0.364. The van der Waals surface area contributed by atoms with Crippen LogP contribution in [0.25, 0.3) is 5.70 Å². The number of nitrogens with two attached hydrogens (primary N) is 2. The zero-order chi connectivity index (χ0) is 19.9. The molecule has 0 aliphatic rings. The van der Waals surface area contributed by atoms with Crippen LogP contribution in [0.15, 0.2) is 58.4 Å². The number of hydrogen-bond acceptors (Lipinski definition) is 8. The maximum atomic E-state index is 13.8. The third-order valence-corrected chi connectivity index (χ3v) is 3.66. The molecular weight excluding hydrogens is 365 g/mol. The number of halogens is 1. The molecule has 0 radical (unpaired) electrons. The van der Waals surface area contributed by atoms with Crippen LogP contribution in [0.1, 0.15) is 17.1 Å². The highest BCUT2D eigenvalue weighted by molar-refractivity contribution is 6.10. The van der Waals surface area contributed by atoms with Gasteiger partial charge in [-0.25, -0.2) is 14.4 Å².